The Bertz CT molecular complexity index is 1090. The number of amides is 1. The molecule has 0 bridgehead atoms. The molecule has 1 N–H and O–H groups in total. The van der Waals surface area contributed by atoms with Crippen LogP contribution < -0.4 is 10.1 Å². The van der Waals surface area contributed by atoms with Crippen molar-refractivity contribution in [1.82, 2.24) is 10.3 Å². The third-order valence-electron chi connectivity index (χ3n) is 4.60. The van der Waals surface area contributed by atoms with Gasteiger partial charge in [0.05, 0.1) is 17.2 Å². The molecule has 0 aliphatic heterocycles. The normalized spacial score (nSPS) is 11.9. The third kappa shape index (κ3) is 4.05. The number of benzene rings is 3. The second-order valence-corrected chi connectivity index (χ2v) is 7.28. The largest absolute Gasteiger partial charge is 0.487 e. The minimum absolute atomic E-state index is 0.113. The van der Waals surface area contributed by atoms with Crippen molar-refractivity contribution in [2.75, 3.05) is 0 Å². The van der Waals surface area contributed by atoms with Crippen LogP contribution in [0.2, 0.25) is 0 Å². The molecule has 0 saturated heterocycles. The third-order valence-corrected chi connectivity index (χ3v) is 5.24. The molecule has 1 heterocycles. The second-order valence-electron chi connectivity index (χ2n) is 6.56. The van der Waals surface area contributed by atoms with E-state index in [0.29, 0.717) is 17.9 Å². The summed E-state index contributed by atoms with van der Waals surface area (Å²) in [6, 6.07) is 21.5. The molecule has 28 heavy (non-hydrogen) atoms. The lowest BCUT2D eigenvalue weighted by Gasteiger charge is -2.17. The summed E-state index contributed by atoms with van der Waals surface area (Å²) in [5.74, 6) is 0.526. The molecule has 3 aromatic carbocycles. The van der Waals surface area contributed by atoms with Crippen LogP contribution in [-0.2, 0) is 6.61 Å². The number of nitrogens with one attached hydrogen (secondary N) is 1. The van der Waals surface area contributed by atoms with E-state index in [1.165, 1.54) is 16.7 Å². The topological polar surface area (TPSA) is 51.2 Å². The van der Waals surface area contributed by atoms with Gasteiger partial charge in [0.2, 0.25) is 0 Å². The standard InChI is InChI=1S/C23H20N2O2S/c1-16(21-11-5-7-17-6-2-3-10-22(17)21)25-23(26)18-8-4-9-20(12-18)27-13-19-14-28-15-24-19/h2-12,14-16H,13H2,1H3,(H,25,26). The number of carbonyl (C=O) groups excluding carboxylic acids is 1. The second kappa shape index (κ2) is 8.23. The van der Waals surface area contributed by atoms with Gasteiger partial charge in [-0.3, -0.25) is 4.79 Å². The number of thiazole rings is 1. The van der Waals surface area contributed by atoms with Crippen LogP contribution in [0.25, 0.3) is 10.8 Å². The maximum atomic E-state index is 12.8. The van der Waals surface area contributed by atoms with Gasteiger partial charge in [-0.05, 0) is 41.5 Å². The van der Waals surface area contributed by atoms with Gasteiger partial charge < -0.3 is 10.1 Å². The van der Waals surface area contributed by atoms with Gasteiger partial charge in [-0.25, -0.2) is 4.98 Å². The van der Waals surface area contributed by atoms with Crippen molar-refractivity contribution in [2.24, 2.45) is 0 Å². The first-order valence-corrected chi connectivity index (χ1v) is 10.0. The highest BCUT2D eigenvalue weighted by molar-refractivity contribution is 7.07. The van der Waals surface area contributed by atoms with Crippen molar-refractivity contribution in [3.8, 4) is 5.75 Å². The lowest BCUT2D eigenvalue weighted by Crippen LogP contribution is -2.26. The Balaban J connectivity index is 1.47. The summed E-state index contributed by atoms with van der Waals surface area (Å²) in [6.07, 6.45) is 0. The monoisotopic (exact) mass is 388 g/mol. The van der Waals surface area contributed by atoms with Gasteiger partial charge in [0.15, 0.2) is 0 Å². The maximum absolute atomic E-state index is 12.8. The lowest BCUT2D eigenvalue weighted by molar-refractivity contribution is 0.0939. The zero-order valence-corrected chi connectivity index (χ0v) is 16.3. The lowest BCUT2D eigenvalue weighted by atomic mass is 9.99. The number of hydrogen-bond donors (Lipinski definition) is 1. The number of carbonyl (C=O) groups is 1. The Hall–Kier alpha value is -3.18. The fraction of sp³-hybridized carbons (Fsp3) is 0.130. The van der Waals surface area contributed by atoms with Crippen LogP contribution in [0.15, 0.2) is 77.6 Å². The van der Waals surface area contributed by atoms with Crippen molar-refractivity contribution in [3.05, 3.63) is 94.4 Å². The van der Waals surface area contributed by atoms with Crippen molar-refractivity contribution in [1.29, 1.82) is 0 Å². The molecule has 4 rings (SSSR count). The highest BCUT2D eigenvalue weighted by atomic mass is 32.1. The summed E-state index contributed by atoms with van der Waals surface area (Å²) in [4.78, 5) is 17.0. The summed E-state index contributed by atoms with van der Waals surface area (Å²) >= 11 is 1.53. The Kier molecular flexibility index (Phi) is 5.35. The van der Waals surface area contributed by atoms with E-state index in [2.05, 4.69) is 34.6 Å². The number of ether oxygens (including phenoxy) is 1. The molecule has 1 atom stereocenters. The summed E-state index contributed by atoms with van der Waals surface area (Å²) in [7, 11) is 0. The molecule has 0 fully saturated rings. The van der Waals surface area contributed by atoms with E-state index < -0.39 is 0 Å². The molecule has 4 nitrogen and oxygen atoms in total. The Morgan fingerprint density at radius 2 is 1.93 bits per heavy atom. The van der Waals surface area contributed by atoms with Crippen LogP contribution >= 0.6 is 11.3 Å². The number of aromatic nitrogens is 1. The Morgan fingerprint density at radius 3 is 2.79 bits per heavy atom. The molecule has 0 radical (unpaired) electrons. The number of fused-ring (bicyclic) bond motifs is 1. The summed E-state index contributed by atoms with van der Waals surface area (Å²) in [5.41, 5.74) is 4.33. The highest BCUT2D eigenvalue weighted by Crippen LogP contribution is 2.24. The highest BCUT2D eigenvalue weighted by Gasteiger charge is 2.14. The average Bonchev–Trinajstić information content (AvgIpc) is 3.25. The first-order valence-electron chi connectivity index (χ1n) is 9.09. The Morgan fingerprint density at radius 1 is 1.11 bits per heavy atom. The van der Waals surface area contributed by atoms with Gasteiger partial charge in [0.25, 0.3) is 5.91 Å². The fourth-order valence-corrected chi connectivity index (χ4v) is 3.72. The Labute approximate surface area is 167 Å². The van der Waals surface area contributed by atoms with Crippen LogP contribution in [0, 0.1) is 0 Å². The van der Waals surface area contributed by atoms with E-state index in [1.54, 1.807) is 17.6 Å². The van der Waals surface area contributed by atoms with E-state index in [-0.39, 0.29) is 11.9 Å². The molecular weight excluding hydrogens is 368 g/mol. The molecule has 1 aromatic heterocycles. The zero-order chi connectivity index (χ0) is 19.3. The molecule has 140 valence electrons. The molecule has 0 aliphatic rings. The zero-order valence-electron chi connectivity index (χ0n) is 15.5. The molecule has 0 aliphatic carbocycles. The van der Waals surface area contributed by atoms with Crippen LogP contribution in [0.4, 0.5) is 0 Å². The minimum Gasteiger partial charge on any atom is -0.487 e. The van der Waals surface area contributed by atoms with Gasteiger partial charge in [0.1, 0.15) is 12.4 Å². The van der Waals surface area contributed by atoms with Gasteiger partial charge in [0, 0.05) is 10.9 Å². The summed E-state index contributed by atoms with van der Waals surface area (Å²) < 4.78 is 5.75. The van der Waals surface area contributed by atoms with E-state index in [4.69, 9.17) is 4.74 Å². The first kappa shape index (κ1) is 18.2. The predicted molar refractivity (Wildman–Crippen MR) is 113 cm³/mol. The minimum atomic E-state index is -0.125. The molecule has 4 aromatic rings. The van der Waals surface area contributed by atoms with Gasteiger partial charge in [-0.15, -0.1) is 11.3 Å². The smallest absolute Gasteiger partial charge is 0.251 e. The van der Waals surface area contributed by atoms with Crippen LogP contribution in [0.1, 0.15) is 34.6 Å². The van der Waals surface area contributed by atoms with Crippen molar-refractivity contribution in [2.45, 2.75) is 19.6 Å². The molecule has 1 amide bonds. The molecule has 0 saturated carbocycles. The van der Waals surface area contributed by atoms with Crippen molar-refractivity contribution in [3.63, 3.8) is 0 Å². The first-order chi connectivity index (χ1) is 13.7. The summed E-state index contributed by atoms with van der Waals surface area (Å²) in [5, 5.41) is 7.36. The maximum Gasteiger partial charge on any atom is 0.251 e. The van der Waals surface area contributed by atoms with Gasteiger partial charge >= 0.3 is 0 Å². The summed E-state index contributed by atoms with van der Waals surface area (Å²) in [6.45, 7) is 2.39. The van der Waals surface area contributed by atoms with Gasteiger partial charge in [-0.2, -0.15) is 0 Å². The molecule has 0 spiro atoms. The van der Waals surface area contributed by atoms with E-state index >= 15 is 0 Å². The van der Waals surface area contributed by atoms with E-state index in [1.807, 2.05) is 42.6 Å². The van der Waals surface area contributed by atoms with Crippen molar-refractivity contribution >= 4 is 28.0 Å². The van der Waals surface area contributed by atoms with Crippen LogP contribution in [0.3, 0.4) is 0 Å². The SMILES string of the molecule is CC(NC(=O)c1cccc(OCc2cscn2)c1)c1cccc2ccccc12. The van der Waals surface area contributed by atoms with E-state index in [0.717, 1.165) is 16.6 Å². The van der Waals surface area contributed by atoms with Crippen LogP contribution in [-0.4, -0.2) is 10.9 Å². The fourth-order valence-electron chi connectivity index (χ4n) is 3.18. The molecule has 5 heteroatoms. The molecular formula is C23H20N2O2S. The quantitative estimate of drug-likeness (QED) is 0.483. The van der Waals surface area contributed by atoms with Gasteiger partial charge in [-0.1, -0.05) is 48.5 Å². The molecule has 1 unspecified atom stereocenters. The van der Waals surface area contributed by atoms with Crippen LogP contribution in [0.5, 0.6) is 5.75 Å². The van der Waals surface area contributed by atoms with E-state index in [9.17, 15) is 4.79 Å². The number of nitrogens with zero attached hydrogens (tertiary/aromatic N) is 1. The van der Waals surface area contributed by atoms with Crippen molar-refractivity contribution < 1.29 is 9.53 Å². The number of hydrogen-bond acceptors (Lipinski definition) is 4. The average molecular weight is 388 g/mol. The predicted octanol–water partition coefficient (Wildman–Crippen LogP) is 5.37. The number of rotatable bonds is 6.